The first-order chi connectivity index (χ1) is 7.60. The van der Waals surface area contributed by atoms with Crippen LogP contribution in [0.15, 0.2) is 24.5 Å². The van der Waals surface area contributed by atoms with Gasteiger partial charge in [0, 0.05) is 10.6 Å². The third kappa shape index (κ3) is 2.90. The molecule has 0 saturated carbocycles. The summed E-state index contributed by atoms with van der Waals surface area (Å²) in [6.45, 7) is 0. The van der Waals surface area contributed by atoms with Gasteiger partial charge in [-0.2, -0.15) is 0 Å². The molecular formula is C11H10Cl2O3. The number of ether oxygens (including phenoxy) is 2. The lowest BCUT2D eigenvalue weighted by Crippen LogP contribution is -2.04. The van der Waals surface area contributed by atoms with Crippen LogP contribution in [-0.4, -0.2) is 20.2 Å². The van der Waals surface area contributed by atoms with Gasteiger partial charge in [-0.15, -0.1) is 0 Å². The fraction of sp³-hybridized carbons (Fsp3) is 0.182. The van der Waals surface area contributed by atoms with Gasteiger partial charge in [-0.1, -0.05) is 29.3 Å². The maximum atomic E-state index is 11.5. The SMILES string of the molecule is CO/C=C(/C(=O)OC)c1ccc(Cl)cc1Cl. The number of esters is 1. The Morgan fingerprint density at radius 3 is 2.50 bits per heavy atom. The van der Waals surface area contributed by atoms with Crippen LogP contribution in [-0.2, 0) is 14.3 Å². The first-order valence-corrected chi connectivity index (χ1v) is 5.12. The van der Waals surface area contributed by atoms with Gasteiger partial charge in [-0.25, -0.2) is 4.79 Å². The molecule has 1 aromatic carbocycles. The highest BCUT2D eigenvalue weighted by molar-refractivity contribution is 6.37. The summed E-state index contributed by atoms with van der Waals surface area (Å²) in [7, 11) is 2.72. The van der Waals surface area contributed by atoms with Gasteiger partial charge in [0.05, 0.1) is 25.5 Å². The van der Waals surface area contributed by atoms with E-state index in [9.17, 15) is 4.79 Å². The van der Waals surface area contributed by atoms with E-state index >= 15 is 0 Å². The van der Waals surface area contributed by atoms with Crippen LogP contribution in [0.1, 0.15) is 5.56 Å². The summed E-state index contributed by atoms with van der Waals surface area (Å²) in [6, 6.07) is 4.81. The topological polar surface area (TPSA) is 35.5 Å². The molecule has 0 saturated heterocycles. The summed E-state index contributed by atoms with van der Waals surface area (Å²) in [4.78, 5) is 11.5. The molecule has 0 unspecified atom stereocenters. The summed E-state index contributed by atoms with van der Waals surface area (Å²) >= 11 is 11.7. The van der Waals surface area contributed by atoms with Crippen molar-refractivity contribution in [3.63, 3.8) is 0 Å². The summed E-state index contributed by atoms with van der Waals surface area (Å²) in [5.74, 6) is -0.522. The number of carbonyl (C=O) groups excluding carboxylic acids is 1. The van der Waals surface area contributed by atoms with E-state index in [0.29, 0.717) is 15.6 Å². The van der Waals surface area contributed by atoms with E-state index in [2.05, 4.69) is 4.74 Å². The van der Waals surface area contributed by atoms with E-state index in [-0.39, 0.29) is 5.57 Å². The number of rotatable bonds is 3. The first kappa shape index (κ1) is 12.9. The molecule has 0 aliphatic heterocycles. The Kier molecular flexibility index (Phi) is 4.65. The second kappa shape index (κ2) is 5.77. The zero-order valence-electron chi connectivity index (χ0n) is 8.79. The van der Waals surface area contributed by atoms with Crippen molar-refractivity contribution in [3.05, 3.63) is 40.1 Å². The van der Waals surface area contributed by atoms with Crippen molar-refractivity contribution >= 4 is 34.7 Å². The minimum atomic E-state index is -0.522. The lowest BCUT2D eigenvalue weighted by Gasteiger charge is -2.07. The number of methoxy groups -OCH3 is 2. The third-order valence-electron chi connectivity index (χ3n) is 1.86. The summed E-state index contributed by atoms with van der Waals surface area (Å²) in [5, 5.41) is 0.858. The van der Waals surface area contributed by atoms with Crippen LogP contribution in [0.3, 0.4) is 0 Å². The molecule has 3 nitrogen and oxygen atoms in total. The van der Waals surface area contributed by atoms with Crippen LogP contribution in [0.4, 0.5) is 0 Å². The lowest BCUT2D eigenvalue weighted by atomic mass is 10.1. The summed E-state index contributed by atoms with van der Waals surface area (Å²) in [5.41, 5.74) is 0.756. The molecule has 0 spiro atoms. The van der Waals surface area contributed by atoms with Crippen molar-refractivity contribution in [2.24, 2.45) is 0 Å². The van der Waals surface area contributed by atoms with Crippen LogP contribution in [0.25, 0.3) is 5.57 Å². The van der Waals surface area contributed by atoms with E-state index in [1.807, 2.05) is 0 Å². The van der Waals surface area contributed by atoms with Gasteiger partial charge in [0.1, 0.15) is 5.57 Å². The highest BCUT2D eigenvalue weighted by Gasteiger charge is 2.16. The second-order valence-corrected chi connectivity index (χ2v) is 3.73. The molecule has 0 aliphatic carbocycles. The molecule has 0 atom stereocenters. The average Bonchev–Trinajstić information content (AvgIpc) is 2.26. The maximum absolute atomic E-state index is 11.5. The quantitative estimate of drug-likeness (QED) is 0.476. The van der Waals surface area contributed by atoms with Gasteiger partial charge >= 0.3 is 5.97 Å². The number of carbonyl (C=O) groups is 1. The standard InChI is InChI=1S/C11H10Cl2O3/c1-15-6-9(11(14)16-2)8-4-3-7(12)5-10(8)13/h3-6H,1-2H3/b9-6+. The zero-order valence-corrected chi connectivity index (χ0v) is 10.3. The minimum absolute atomic E-state index is 0.242. The van der Waals surface area contributed by atoms with E-state index in [0.717, 1.165) is 0 Å². The molecule has 86 valence electrons. The molecule has 0 aromatic heterocycles. The van der Waals surface area contributed by atoms with E-state index in [4.69, 9.17) is 27.9 Å². The number of hydrogen-bond acceptors (Lipinski definition) is 3. The Bertz CT molecular complexity index is 427. The Morgan fingerprint density at radius 2 is 2.00 bits per heavy atom. The molecule has 0 amide bonds. The highest BCUT2D eigenvalue weighted by Crippen LogP contribution is 2.27. The lowest BCUT2D eigenvalue weighted by molar-refractivity contribution is -0.133. The fourth-order valence-electron chi connectivity index (χ4n) is 1.16. The summed E-state index contributed by atoms with van der Waals surface area (Å²) < 4.78 is 9.44. The molecular weight excluding hydrogens is 251 g/mol. The number of halogens is 2. The first-order valence-electron chi connectivity index (χ1n) is 4.37. The van der Waals surface area contributed by atoms with Crippen molar-refractivity contribution in [1.82, 2.24) is 0 Å². The number of hydrogen-bond donors (Lipinski definition) is 0. The molecule has 0 fully saturated rings. The van der Waals surface area contributed by atoms with Gasteiger partial charge in [-0.3, -0.25) is 0 Å². The third-order valence-corrected chi connectivity index (χ3v) is 2.41. The molecule has 0 bridgehead atoms. The van der Waals surface area contributed by atoms with Gasteiger partial charge in [0.25, 0.3) is 0 Å². The Hall–Kier alpha value is -1.19. The monoisotopic (exact) mass is 260 g/mol. The molecule has 0 heterocycles. The smallest absolute Gasteiger partial charge is 0.341 e. The van der Waals surface area contributed by atoms with Crippen LogP contribution in [0.5, 0.6) is 0 Å². The molecule has 5 heteroatoms. The molecule has 1 rings (SSSR count). The molecule has 16 heavy (non-hydrogen) atoms. The van der Waals surface area contributed by atoms with E-state index in [1.54, 1.807) is 18.2 Å². The fourth-order valence-corrected chi connectivity index (χ4v) is 1.67. The van der Waals surface area contributed by atoms with Crippen LogP contribution >= 0.6 is 23.2 Å². The van der Waals surface area contributed by atoms with Gasteiger partial charge in [0.15, 0.2) is 0 Å². The second-order valence-electron chi connectivity index (χ2n) is 2.88. The molecule has 1 aromatic rings. The largest absolute Gasteiger partial charge is 0.503 e. The number of benzene rings is 1. The Morgan fingerprint density at radius 1 is 1.31 bits per heavy atom. The van der Waals surface area contributed by atoms with Crippen LogP contribution in [0.2, 0.25) is 10.0 Å². The molecule has 0 N–H and O–H groups in total. The van der Waals surface area contributed by atoms with Crippen LogP contribution < -0.4 is 0 Å². The predicted octanol–water partition coefficient (Wildman–Crippen LogP) is 3.15. The van der Waals surface area contributed by atoms with E-state index < -0.39 is 5.97 Å². The van der Waals surface area contributed by atoms with Crippen molar-refractivity contribution in [2.75, 3.05) is 14.2 Å². The molecule has 0 aliphatic rings. The predicted molar refractivity (Wildman–Crippen MR) is 63.5 cm³/mol. The average molecular weight is 261 g/mol. The van der Waals surface area contributed by atoms with E-state index in [1.165, 1.54) is 20.5 Å². The Labute approximate surface area is 104 Å². The van der Waals surface area contributed by atoms with Crippen molar-refractivity contribution in [3.8, 4) is 0 Å². The normalized spacial score (nSPS) is 11.1. The Balaban J connectivity index is 3.22. The van der Waals surface area contributed by atoms with Crippen molar-refractivity contribution in [2.45, 2.75) is 0 Å². The summed E-state index contributed by atoms with van der Waals surface area (Å²) in [6.07, 6.45) is 1.28. The molecule has 0 radical (unpaired) electrons. The van der Waals surface area contributed by atoms with Gasteiger partial charge in [0.2, 0.25) is 0 Å². The van der Waals surface area contributed by atoms with Crippen molar-refractivity contribution in [1.29, 1.82) is 0 Å². The van der Waals surface area contributed by atoms with Gasteiger partial charge < -0.3 is 9.47 Å². The minimum Gasteiger partial charge on any atom is -0.503 e. The maximum Gasteiger partial charge on any atom is 0.341 e. The van der Waals surface area contributed by atoms with Crippen molar-refractivity contribution < 1.29 is 14.3 Å². The van der Waals surface area contributed by atoms with Crippen LogP contribution in [0, 0.1) is 0 Å². The zero-order chi connectivity index (χ0) is 12.1. The highest BCUT2D eigenvalue weighted by atomic mass is 35.5. The van der Waals surface area contributed by atoms with Gasteiger partial charge in [-0.05, 0) is 12.1 Å².